The minimum Gasteiger partial charge on any atom is -0.451 e. The van der Waals surface area contributed by atoms with Gasteiger partial charge in [0, 0.05) is 57.1 Å². The molecule has 1 aromatic heterocycles. The van der Waals surface area contributed by atoms with Crippen molar-refractivity contribution in [1.29, 1.82) is 0 Å². The van der Waals surface area contributed by atoms with Crippen LogP contribution in [0.15, 0.2) is 30.7 Å². The van der Waals surface area contributed by atoms with E-state index < -0.39 is 18.0 Å². The molecule has 0 saturated carbocycles. The number of carbonyl (C=O) groups excluding carboxylic acids is 2. The second-order valence-corrected chi connectivity index (χ2v) is 11.1. The number of hydrogen-bond donors (Lipinski definition) is 1. The van der Waals surface area contributed by atoms with Crippen molar-refractivity contribution >= 4 is 17.6 Å². The highest BCUT2D eigenvalue weighted by Gasteiger charge is 2.48. The summed E-state index contributed by atoms with van der Waals surface area (Å²) < 4.78 is 33.9. The molecule has 0 unspecified atom stereocenters. The zero-order chi connectivity index (χ0) is 27.7. The summed E-state index contributed by atoms with van der Waals surface area (Å²) in [6.07, 6.45) is 4.07. The van der Waals surface area contributed by atoms with E-state index in [1.165, 1.54) is 24.5 Å². The topological polar surface area (TPSA) is 90.9 Å². The quantitative estimate of drug-likeness (QED) is 0.574. The number of nitrogens with zero attached hydrogens (tertiary/aromatic N) is 5. The van der Waals surface area contributed by atoms with Gasteiger partial charge in [-0.3, -0.25) is 9.59 Å². The van der Waals surface area contributed by atoms with Gasteiger partial charge in [-0.1, -0.05) is 0 Å². The van der Waals surface area contributed by atoms with Crippen molar-refractivity contribution in [2.24, 2.45) is 5.41 Å². The summed E-state index contributed by atoms with van der Waals surface area (Å²) in [6, 6.07) is 3.47. The standard InChI is InChI=1S/C28H36F2N6O3/c1-4-36(18(2)3)26(37)21-11-19(29)5-6-23(21)39-24-14-31-17-33-25(24)34-9-7-28(8-10-34)15-35(16-28)27(38)22-12-20(30)13-32-22/h5-6,11,14,17-18,20,22,32H,4,7-10,12-13,15-16H2,1-3H3/t20-,22+/m1/s1. The Labute approximate surface area is 227 Å². The maximum Gasteiger partial charge on any atom is 0.257 e. The zero-order valence-electron chi connectivity index (χ0n) is 22.7. The van der Waals surface area contributed by atoms with Crippen LogP contribution in [0.4, 0.5) is 14.6 Å². The van der Waals surface area contributed by atoms with E-state index in [0.29, 0.717) is 31.2 Å². The van der Waals surface area contributed by atoms with Gasteiger partial charge in [0.15, 0.2) is 11.6 Å². The van der Waals surface area contributed by atoms with Gasteiger partial charge >= 0.3 is 0 Å². The average Bonchev–Trinajstić information content (AvgIpc) is 3.34. The number of alkyl halides is 1. The van der Waals surface area contributed by atoms with Crippen molar-refractivity contribution in [2.45, 2.75) is 58.3 Å². The first-order chi connectivity index (χ1) is 18.7. The molecule has 5 rings (SSSR count). The molecule has 3 saturated heterocycles. The third-order valence-electron chi connectivity index (χ3n) is 8.14. The van der Waals surface area contributed by atoms with Gasteiger partial charge in [0.2, 0.25) is 5.91 Å². The molecule has 0 aliphatic carbocycles. The first-order valence-corrected chi connectivity index (χ1v) is 13.7. The van der Waals surface area contributed by atoms with E-state index in [0.717, 1.165) is 25.9 Å². The summed E-state index contributed by atoms with van der Waals surface area (Å²) in [6.45, 7) is 9.25. The summed E-state index contributed by atoms with van der Waals surface area (Å²) >= 11 is 0. The van der Waals surface area contributed by atoms with E-state index in [9.17, 15) is 18.4 Å². The highest BCUT2D eigenvalue weighted by atomic mass is 19.1. The van der Waals surface area contributed by atoms with Crippen LogP contribution in [0.5, 0.6) is 11.5 Å². The smallest absolute Gasteiger partial charge is 0.257 e. The van der Waals surface area contributed by atoms with Crippen LogP contribution in [0, 0.1) is 11.2 Å². The van der Waals surface area contributed by atoms with Gasteiger partial charge in [-0.25, -0.2) is 18.7 Å². The summed E-state index contributed by atoms with van der Waals surface area (Å²) in [4.78, 5) is 40.2. The maximum atomic E-state index is 14.2. The number of likely N-dealkylation sites (tertiary alicyclic amines) is 1. The van der Waals surface area contributed by atoms with E-state index in [1.807, 2.05) is 25.7 Å². The molecule has 2 aromatic rings. The number of anilines is 1. The molecule has 210 valence electrons. The van der Waals surface area contributed by atoms with E-state index in [2.05, 4.69) is 20.2 Å². The predicted molar refractivity (Wildman–Crippen MR) is 142 cm³/mol. The monoisotopic (exact) mass is 542 g/mol. The molecule has 39 heavy (non-hydrogen) atoms. The van der Waals surface area contributed by atoms with E-state index in [1.54, 1.807) is 11.1 Å². The summed E-state index contributed by atoms with van der Waals surface area (Å²) in [5, 5.41) is 2.98. The lowest BCUT2D eigenvalue weighted by atomic mass is 9.71. The Hall–Kier alpha value is -3.34. The van der Waals surface area contributed by atoms with Crippen molar-refractivity contribution in [2.75, 3.05) is 44.2 Å². The molecule has 11 heteroatoms. The highest BCUT2D eigenvalue weighted by Crippen LogP contribution is 2.43. The molecule has 4 heterocycles. The molecule has 3 aliphatic rings. The Morgan fingerprint density at radius 2 is 1.97 bits per heavy atom. The molecule has 1 aromatic carbocycles. The second kappa shape index (κ2) is 11.0. The number of halogens is 2. The van der Waals surface area contributed by atoms with Gasteiger partial charge in [0.25, 0.3) is 5.91 Å². The second-order valence-electron chi connectivity index (χ2n) is 11.1. The van der Waals surface area contributed by atoms with E-state index >= 15 is 0 Å². The molecule has 1 spiro atoms. The van der Waals surface area contributed by atoms with Gasteiger partial charge in [-0.15, -0.1) is 0 Å². The number of piperidine rings is 1. The number of ether oxygens (including phenoxy) is 1. The van der Waals surface area contributed by atoms with Gasteiger partial charge < -0.3 is 24.8 Å². The third-order valence-corrected chi connectivity index (χ3v) is 8.14. The fourth-order valence-electron chi connectivity index (χ4n) is 5.92. The molecular formula is C28H36F2N6O3. The Morgan fingerprint density at radius 1 is 1.23 bits per heavy atom. The molecule has 0 radical (unpaired) electrons. The van der Waals surface area contributed by atoms with Crippen molar-refractivity contribution in [3.8, 4) is 11.5 Å². The number of hydrogen-bond acceptors (Lipinski definition) is 7. The lowest BCUT2D eigenvalue weighted by Crippen LogP contribution is -2.64. The molecule has 9 nitrogen and oxygen atoms in total. The molecule has 3 aliphatic heterocycles. The number of aromatic nitrogens is 2. The first kappa shape index (κ1) is 27.2. The molecule has 3 fully saturated rings. The van der Waals surface area contributed by atoms with Gasteiger partial charge in [0.05, 0.1) is 17.8 Å². The SMILES string of the molecule is CCN(C(=O)c1cc(F)ccc1Oc1cncnc1N1CCC2(CC1)CN(C(=O)[C@@H]1C[C@@H](F)CN1)C2)C(C)C. The van der Waals surface area contributed by atoms with Crippen molar-refractivity contribution in [3.05, 3.63) is 42.1 Å². The van der Waals surface area contributed by atoms with Crippen molar-refractivity contribution in [1.82, 2.24) is 25.1 Å². The van der Waals surface area contributed by atoms with Crippen LogP contribution >= 0.6 is 0 Å². The Kier molecular flexibility index (Phi) is 7.70. The fourth-order valence-corrected chi connectivity index (χ4v) is 5.92. The minimum atomic E-state index is -0.952. The van der Waals surface area contributed by atoms with E-state index in [4.69, 9.17) is 4.74 Å². The third kappa shape index (κ3) is 5.54. The van der Waals surface area contributed by atoms with Gasteiger partial charge in [-0.2, -0.15) is 0 Å². The lowest BCUT2D eigenvalue weighted by Gasteiger charge is -2.54. The lowest BCUT2D eigenvalue weighted by molar-refractivity contribution is -0.146. The number of carbonyl (C=O) groups is 2. The summed E-state index contributed by atoms with van der Waals surface area (Å²) in [5.41, 5.74) is 0.207. The molecular weight excluding hydrogens is 506 g/mol. The Balaban J connectivity index is 1.26. The molecule has 1 N–H and O–H groups in total. The predicted octanol–water partition coefficient (Wildman–Crippen LogP) is 3.41. The summed E-state index contributed by atoms with van der Waals surface area (Å²) in [5.74, 6) is 0.417. The minimum absolute atomic E-state index is 0.00144. The summed E-state index contributed by atoms with van der Waals surface area (Å²) in [7, 11) is 0. The Morgan fingerprint density at radius 3 is 2.62 bits per heavy atom. The van der Waals surface area contributed by atoms with Crippen LogP contribution in [0.25, 0.3) is 0 Å². The molecule has 2 amide bonds. The number of rotatable bonds is 7. The molecule has 0 bridgehead atoms. The van der Waals surface area contributed by atoms with E-state index in [-0.39, 0.29) is 47.5 Å². The fraction of sp³-hybridized carbons (Fsp3) is 0.571. The van der Waals surface area contributed by atoms with Gasteiger partial charge in [0.1, 0.15) is 24.1 Å². The van der Waals surface area contributed by atoms with Crippen molar-refractivity contribution in [3.63, 3.8) is 0 Å². The Bertz CT molecular complexity index is 1210. The maximum absolute atomic E-state index is 14.2. The largest absolute Gasteiger partial charge is 0.451 e. The average molecular weight is 543 g/mol. The van der Waals surface area contributed by atoms with Crippen LogP contribution in [0.2, 0.25) is 0 Å². The van der Waals surface area contributed by atoms with Crippen LogP contribution in [0.1, 0.15) is 50.4 Å². The van der Waals surface area contributed by atoms with Crippen LogP contribution < -0.4 is 15.0 Å². The number of nitrogens with one attached hydrogen (secondary N) is 1. The number of benzene rings is 1. The van der Waals surface area contributed by atoms with Gasteiger partial charge in [-0.05, 0) is 51.8 Å². The number of amides is 2. The zero-order valence-corrected chi connectivity index (χ0v) is 22.7. The normalized spacial score (nSPS) is 22.2. The first-order valence-electron chi connectivity index (χ1n) is 13.7. The van der Waals surface area contributed by atoms with Crippen LogP contribution in [0.3, 0.4) is 0 Å². The van der Waals surface area contributed by atoms with Crippen molar-refractivity contribution < 1.29 is 23.1 Å². The van der Waals surface area contributed by atoms with Crippen LogP contribution in [-0.2, 0) is 4.79 Å². The highest BCUT2D eigenvalue weighted by molar-refractivity contribution is 5.97. The van der Waals surface area contributed by atoms with Crippen LogP contribution in [-0.4, -0.2) is 89.1 Å². The molecule has 2 atom stereocenters.